The van der Waals surface area contributed by atoms with E-state index >= 15 is 0 Å². The van der Waals surface area contributed by atoms with Crippen LogP contribution >= 0.6 is 0 Å². The number of pyridine rings is 1. The van der Waals surface area contributed by atoms with Crippen LogP contribution in [0.3, 0.4) is 0 Å². The number of rotatable bonds is 13. The maximum absolute atomic E-state index is 13.2. The summed E-state index contributed by atoms with van der Waals surface area (Å²) in [4.78, 5) is 56.2. The number of Topliss-reactive ketones (excluding diaryl/α,β-unsaturated/α-hetero) is 1. The number of carbonyl (C=O) groups excluding carboxylic acids is 4. The molecule has 230 valence electrons. The van der Waals surface area contributed by atoms with E-state index in [4.69, 9.17) is 9.47 Å². The van der Waals surface area contributed by atoms with Crippen molar-refractivity contribution in [3.05, 3.63) is 102 Å². The lowest BCUT2D eigenvalue weighted by Gasteiger charge is -2.23. The predicted molar refractivity (Wildman–Crippen MR) is 167 cm³/mol. The van der Waals surface area contributed by atoms with Gasteiger partial charge in [-0.15, -0.1) is 0 Å². The number of hydrogen-bond donors (Lipinski definition) is 2. The lowest BCUT2D eigenvalue weighted by molar-refractivity contribution is -0.146. The number of nitrogens with zero attached hydrogens (tertiary/aromatic N) is 1. The molecule has 1 heterocycles. The van der Waals surface area contributed by atoms with Gasteiger partial charge in [0.1, 0.15) is 25.0 Å². The van der Waals surface area contributed by atoms with Crippen LogP contribution in [0.2, 0.25) is 0 Å². The number of benzene rings is 2. The number of fused-ring (bicyclic) bond motifs is 3. The highest BCUT2D eigenvalue weighted by atomic mass is 16.6. The Morgan fingerprint density at radius 1 is 0.886 bits per heavy atom. The highest BCUT2D eigenvalue weighted by molar-refractivity contribution is 5.89. The third kappa shape index (κ3) is 8.63. The van der Waals surface area contributed by atoms with Gasteiger partial charge in [0, 0.05) is 25.0 Å². The fraction of sp³-hybridized carbons (Fsp3) is 0.343. The first kappa shape index (κ1) is 32.1. The van der Waals surface area contributed by atoms with Crippen molar-refractivity contribution in [2.24, 2.45) is 5.41 Å². The first-order chi connectivity index (χ1) is 21.1. The zero-order valence-electron chi connectivity index (χ0n) is 25.4. The first-order valence-corrected chi connectivity index (χ1v) is 14.7. The highest BCUT2D eigenvalue weighted by Gasteiger charge is 2.31. The molecule has 4 rings (SSSR count). The second-order valence-electron chi connectivity index (χ2n) is 12.0. The average Bonchev–Trinajstić information content (AvgIpc) is 3.31. The smallest absolute Gasteiger partial charge is 0.407 e. The van der Waals surface area contributed by atoms with Gasteiger partial charge in [-0.1, -0.05) is 88.0 Å². The molecule has 2 atom stereocenters. The Hall–Kier alpha value is -4.79. The quantitative estimate of drug-likeness (QED) is 0.192. The van der Waals surface area contributed by atoms with Crippen molar-refractivity contribution in [3.8, 4) is 11.1 Å². The van der Waals surface area contributed by atoms with E-state index in [0.29, 0.717) is 12.1 Å². The van der Waals surface area contributed by atoms with E-state index in [2.05, 4.69) is 22.2 Å². The van der Waals surface area contributed by atoms with Gasteiger partial charge in [-0.05, 0) is 39.8 Å². The topological polar surface area (TPSA) is 124 Å². The number of esters is 1. The lowest BCUT2D eigenvalue weighted by atomic mass is 9.88. The summed E-state index contributed by atoms with van der Waals surface area (Å²) in [6.07, 6.45) is 2.04. The number of amides is 2. The standard InChI is InChI=1S/C35H39N3O6/c1-5-18-43-33(41)31(20-32(40)37-30(29-16-10-11-17-36-29)19-23(39)21-35(2,3)4)38-34(42)44-22-28-26-14-8-6-12-24(26)25-13-7-9-15-27(25)28/h5-17,28,30-31H,1,18-22H2,2-4H3,(H,37,40)(H,38,42)/t30?,31-/m0/s1. The van der Waals surface area contributed by atoms with Gasteiger partial charge >= 0.3 is 12.1 Å². The van der Waals surface area contributed by atoms with Crippen molar-refractivity contribution in [2.75, 3.05) is 13.2 Å². The summed E-state index contributed by atoms with van der Waals surface area (Å²) in [6.45, 7) is 9.38. The molecule has 2 N–H and O–H groups in total. The zero-order chi connectivity index (χ0) is 31.7. The molecule has 9 nitrogen and oxygen atoms in total. The van der Waals surface area contributed by atoms with Gasteiger partial charge in [0.25, 0.3) is 0 Å². The van der Waals surface area contributed by atoms with Crippen molar-refractivity contribution in [1.82, 2.24) is 15.6 Å². The summed E-state index contributed by atoms with van der Waals surface area (Å²) in [5.74, 6) is -1.59. The van der Waals surface area contributed by atoms with E-state index in [1.54, 1.807) is 24.4 Å². The molecule has 44 heavy (non-hydrogen) atoms. The molecule has 1 aliphatic carbocycles. The van der Waals surface area contributed by atoms with E-state index in [-0.39, 0.29) is 36.8 Å². The van der Waals surface area contributed by atoms with Crippen molar-refractivity contribution in [2.45, 2.75) is 58.0 Å². The fourth-order valence-corrected chi connectivity index (χ4v) is 5.36. The van der Waals surface area contributed by atoms with Gasteiger partial charge in [-0.2, -0.15) is 0 Å². The molecular weight excluding hydrogens is 558 g/mol. The lowest BCUT2D eigenvalue weighted by Crippen LogP contribution is -2.46. The van der Waals surface area contributed by atoms with Crippen LogP contribution in [0, 0.1) is 5.41 Å². The van der Waals surface area contributed by atoms with E-state index in [9.17, 15) is 19.2 Å². The van der Waals surface area contributed by atoms with Crippen LogP contribution in [-0.4, -0.2) is 48.0 Å². The Morgan fingerprint density at radius 3 is 2.11 bits per heavy atom. The Labute approximate surface area is 258 Å². The van der Waals surface area contributed by atoms with Crippen molar-refractivity contribution in [3.63, 3.8) is 0 Å². The number of nitrogens with one attached hydrogen (secondary N) is 2. The summed E-state index contributed by atoms with van der Waals surface area (Å²) >= 11 is 0. The third-order valence-corrected chi connectivity index (χ3v) is 7.19. The summed E-state index contributed by atoms with van der Waals surface area (Å²) < 4.78 is 10.8. The third-order valence-electron chi connectivity index (χ3n) is 7.19. The Kier molecular flexibility index (Phi) is 10.7. The number of hydrogen-bond acceptors (Lipinski definition) is 7. The van der Waals surface area contributed by atoms with Crippen LogP contribution in [0.4, 0.5) is 4.79 Å². The van der Waals surface area contributed by atoms with Crippen LogP contribution in [0.15, 0.2) is 85.6 Å². The maximum Gasteiger partial charge on any atom is 0.407 e. The van der Waals surface area contributed by atoms with Crippen LogP contribution < -0.4 is 10.6 Å². The molecule has 0 spiro atoms. The summed E-state index contributed by atoms with van der Waals surface area (Å²) in [5.41, 5.74) is 4.56. The molecule has 0 aliphatic heterocycles. The molecule has 1 unspecified atom stereocenters. The SMILES string of the molecule is C=CCOC(=O)[C@H](CC(=O)NC(CC(=O)CC(C)(C)C)c1ccccn1)NC(=O)OCC1c2ccccc2-c2ccccc21. The fourth-order valence-electron chi connectivity index (χ4n) is 5.36. The Morgan fingerprint density at radius 2 is 1.52 bits per heavy atom. The number of carbonyl (C=O) groups is 4. The van der Waals surface area contributed by atoms with Crippen molar-refractivity contribution >= 4 is 23.8 Å². The molecule has 0 bridgehead atoms. The maximum atomic E-state index is 13.2. The zero-order valence-corrected chi connectivity index (χ0v) is 25.4. The van der Waals surface area contributed by atoms with Crippen LogP contribution in [-0.2, 0) is 23.9 Å². The summed E-state index contributed by atoms with van der Waals surface area (Å²) in [7, 11) is 0. The monoisotopic (exact) mass is 597 g/mol. The molecular formula is C35H39N3O6. The highest BCUT2D eigenvalue weighted by Crippen LogP contribution is 2.44. The molecule has 2 aromatic carbocycles. The van der Waals surface area contributed by atoms with E-state index < -0.39 is 36.5 Å². The summed E-state index contributed by atoms with van der Waals surface area (Å²) in [6, 6.07) is 19.1. The van der Waals surface area contributed by atoms with Gasteiger partial charge in [-0.25, -0.2) is 9.59 Å². The van der Waals surface area contributed by atoms with Crippen LogP contribution in [0.1, 0.15) is 68.8 Å². The van der Waals surface area contributed by atoms with Gasteiger partial charge in [0.05, 0.1) is 18.2 Å². The molecule has 9 heteroatoms. The minimum absolute atomic E-state index is 0.0331. The number of aromatic nitrogens is 1. The van der Waals surface area contributed by atoms with Gasteiger partial charge in [-0.3, -0.25) is 14.6 Å². The first-order valence-electron chi connectivity index (χ1n) is 14.7. The Balaban J connectivity index is 1.43. The molecule has 1 aromatic heterocycles. The molecule has 2 amide bonds. The molecule has 1 aliphatic rings. The van der Waals surface area contributed by atoms with Crippen LogP contribution in [0.25, 0.3) is 11.1 Å². The van der Waals surface area contributed by atoms with E-state index in [0.717, 1.165) is 22.3 Å². The Bertz CT molecular complexity index is 1450. The van der Waals surface area contributed by atoms with Gasteiger partial charge in [0.2, 0.25) is 5.91 Å². The van der Waals surface area contributed by atoms with E-state index in [1.165, 1.54) is 6.08 Å². The van der Waals surface area contributed by atoms with Crippen molar-refractivity contribution < 1.29 is 28.7 Å². The van der Waals surface area contributed by atoms with Crippen molar-refractivity contribution in [1.29, 1.82) is 0 Å². The molecule has 3 aromatic rings. The van der Waals surface area contributed by atoms with Crippen LogP contribution in [0.5, 0.6) is 0 Å². The van der Waals surface area contributed by atoms with E-state index in [1.807, 2.05) is 69.3 Å². The predicted octanol–water partition coefficient (Wildman–Crippen LogP) is 5.66. The number of ketones is 1. The van der Waals surface area contributed by atoms with Gasteiger partial charge in [0.15, 0.2) is 0 Å². The number of ether oxygens (including phenoxy) is 2. The summed E-state index contributed by atoms with van der Waals surface area (Å²) in [5, 5.41) is 5.32. The van der Waals surface area contributed by atoms with Gasteiger partial charge < -0.3 is 20.1 Å². The minimum Gasteiger partial charge on any atom is -0.460 e. The molecule has 0 fully saturated rings. The average molecular weight is 598 g/mol. The molecule has 0 radical (unpaired) electrons. The minimum atomic E-state index is -1.33. The molecule has 0 saturated heterocycles. The normalized spacial score (nSPS) is 13.5. The second kappa shape index (κ2) is 14.6. The largest absolute Gasteiger partial charge is 0.460 e. The second-order valence-corrected chi connectivity index (χ2v) is 12.0. The number of alkyl carbamates (subject to hydrolysis) is 1. The molecule has 0 saturated carbocycles.